The summed E-state index contributed by atoms with van der Waals surface area (Å²) < 4.78 is 10.4. The lowest BCUT2D eigenvalue weighted by molar-refractivity contribution is -0.117. The maximum atomic E-state index is 12.3. The van der Waals surface area contributed by atoms with Gasteiger partial charge in [-0.1, -0.05) is 18.2 Å². The third-order valence-corrected chi connectivity index (χ3v) is 3.69. The molecule has 0 radical (unpaired) electrons. The lowest BCUT2D eigenvalue weighted by Gasteiger charge is -2.21. The minimum Gasteiger partial charge on any atom is -0.497 e. The van der Waals surface area contributed by atoms with E-state index in [0.717, 1.165) is 5.69 Å². The van der Waals surface area contributed by atoms with Gasteiger partial charge < -0.3 is 19.7 Å². The topological polar surface area (TPSA) is 67.9 Å². The molecule has 6 heteroatoms. The lowest BCUT2D eigenvalue weighted by atomic mass is 10.2. The van der Waals surface area contributed by atoms with E-state index >= 15 is 0 Å². The van der Waals surface area contributed by atoms with Crippen LogP contribution in [0.5, 0.6) is 11.5 Å². The summed E-state index contributed by atoms with van der Waals surface area (Å²) in [4.78, 5) is 25.7. The van der Waals surface area contributed by atoms with Crippen molar-refractivity contribution in [3.63, 3.8) is 0 Å². The maximum absolute atomic E-state index is 12.3. The van der Waals surface area contributed by atoms with Gasteiger partial charge in [-0.2, -0.15) is 0 Å². The van der Waals surface area contributed by atoms with E-state index in [-0.39, 0.29) is 24.8 Å². The Morgan fingerprint density at radius 1 is 1.04 bits per heavy atom. The van der Waals surface area contributed by atoms with Crippen molar-refractivity contribution in [2.45, 2.75) is 13.3 Å². The third-order valence-electron chi connectivity index (χ3n) is 3.69. The Kier molecular flexibility index (Phi) is 6.39. The molecule has 0 saturated heterocycles. The van der Waals surface area contributed by atoms with Crippen molar-refractivity contribution in [1.82, 2.24) is 0 Å². The van der Waals surface area contributed by atoms with Gasteiger partial charge in [0.2, 0.25) is 11.8 Å². The summed E-state index contributed by atoms with van der Waals surface area (Å²) in [7, 11) is 3.09. The van der Waals surface area contributed by atoms with E-state index in [2.05, 4.69) is 5.32 Å². The molecule has 0 aliphatic carbocycles. The molecule has 0 aliphatic heterocycles. The number of rotatable bonds is 7. The van der Waals surface area contributed by atoms with Crippen molar-refractivity contribution in [2.24, 2.45) is 0 Å². The number of ether oxygens (including phenoxy) is 2. The number of hydrogen-bond donors (Lipinski definition) is 1. The number of para-hydroxylation sites is 1. The third kappa shape index (κ3) is 4.97. The van der Waals surface area contributed by atoms with Gasteiger partial charge in [-0.3, -0.25) is 9.59 Å². The number of methoxy groups -OCH3 is 2. The molecule has 25 heavy (non-hydrogen) atoms. The molecule has 0 atom stereocenters. The fourth-order valence-electron chi connectivity index (χ4n) is 2.41. The maximum Gasteiger partial charge on any atom is 0.226 e. The van der Waals surface area contributed by atoms with E-state index in [1.807, 2.05) is 30.3 Å². The highest BCUT2D eigenvalue weighted by Gasteiger charge is 2.14. The second-order valence-electron chi connectivity index (χ2n) is 5.37. The van der Waals surface area contributed by atoms with Crippen molar-refractivity contribution in [3.8, 4) is 11.5 Å². The van der Waals surface area contributed by atoms with Crippen LogP contribution in [0.25, 0.3) is 0 Å². The minimum atomic E-state index is -0.214. The second-order valence-corrected chi connectivity index (χ2v) is 5.37. The van der Waals surface area contributed by atoms with Crippen molar-refractivity contribution >= 4 is 23.2 Å². The average Bonchev–Trinajstić information content (AvgIpc) is 2.62. The molecule has 0 bridgehead atoms. The number of amides is 2. The predicted octanol–water partition coefficient (Wildman–Crippen LogP) is 3.09. The molecule has 0 aromatic heterocycles. The van der Waals surface area contributed by atoms with E-state index in [0.29, 0.717) is 17.2 Å². The van der Waals surface area contributed by atoms with Crippen molar-refractivity contribution in [1.29, 1.82) is 0 Å². The summed E-state index contributed by atoms with van der Waals surface area (Å²) >= 11 is 0. The van der Waals surface area contributed by atoms with Crippen LogP contribution in [0.2, 0.25) is 0 Å². The highest BCUT2D eigenvalue weighted by Crippen LogP contribution is 2.29. The molecule has 1 N–H and O–H groups in total. The first kappa shape index (κ1) is 18.3. The molecule has 0 spiro atoms. The van der Waals surface area contributed by atoms with E-state index in [9.17, 15) is 9.59 Å². The smallest absolute Gasteiger partial charge is 0.226 e. The highest BCUT2D eigenvalue weighted by atomic mass is 16.5. The van der Waals surface area contributed by atoms with Crippen LogP contribution in [-0.2, 0) is 9.59 Å². The standard InChI is InChI=1S/C19H22N2O4/c1-14(22)21(15-7-5-4-6-8-15)12-11-19(23)20-17-13-16(24-2)9-10-18(17)25-3/h4-10,13H,11-12H2,1-3H3,(H,20,23). The quantitative estimate of drug-likeness (QED) is 0.840. The van der Waals surface area contributed by atoms with Crippen LogP contribution in [-0.4, -0.2) is 32.6 Å². The summed E-state index contributed by atoms with van der Waals surface area (Å²) in [6.45, 7) is 1.77. The van der Waals surface area contributed by atoms with Gasteiger partial charge in [0.1, 0.15) is 11.5 Å². The fraction of sp³-hybridized carbons (Fsp3) is 0.263. The molecule has 0 heterocycles. The van der Waals surface area contributed by atoms with Gasteiger partial charge in [-0.25, -0.2) is 0 Å². The Bertz CT molecular complexity index is 731. The van der Waals surface area contributed by atoms with Crippen LogP contribution < -0.4 is 19.7 Å². The first-order valence-electron chi connectivity index (χ1n) is 7.90. The fourth-order valence-corrected chi connectivity index (χ4v) is 2.41. The molecule has 0 saturated carbocycles. The Morgan fingerprint density at radius 2 is 1.76 bits per heavy atom. The number of anilines is 2. The van der Waals surface area contributed by atoms with E-state index in [4.69, 9.17) is 9.47 Å². The number of nitrogens with zero attached hydrogens (tertiary/aromatic N) is 1. The van der Waals surface area contributed by atoms with Gasteiger partial charge in [0.05, 0.1) is 19.9 Å². The molecule has 132 valence electrons. The second kappa shape index (κ2) is 8.73. The Morgan fingerprint density at radius 3 is 2.36 bits per heavy atom. The number of carbonyl (C=O) groups is 2. The summed E-state index contributed by atoms with van der Waals surface area (Å²) in [5.74, 6) is 0.832. The summed E-state index contributed by atoms with van der Waals surface area (Å²) in [6, 6.07) is 14.4. The highest BCUT2D eigenvalue weighted by molar-refractivity contribution is 5.95. The zero-order chi connectivity index (χ0) is 18.2. The predicted molar refractivity (Wildman–Crippen MR) is 97.3 cm³/mol. The average molecular weight is 342 g/mol. The van der Waals surface area contributed by atoms with Crippen LogP contribution in [0.4, 0.5) is 11.4 Å². The molecule has 2 rings (SSSR count). The molecular weight excluding hydrogens is 320 g/mol. The Labute approximate surface area is 147 Å². The molecule has 2 aromatic rings. The van der Waals surface area contributed by atoms with Gasteiger partial charge in [0.15, 0.2) is 0 Å². The first-order valence-corrected chi connectivity index (χ1v) is 7.90. The van der Waals surface area contributed by atoms with E-state index in [1.54, 1.807) is 30.2 Å². The zero-order valence-electron chi connectivity index (χ0n) is 14.6. The molecule has 2 aromatic carbocycles. The molecular formula is C19H22N2O4. The van der Waals surface area contributed by atoms with Gasteiger partial charge in [-0.05, 0) is 24.3 Å². The first-order chi connectivity index (χ1) is 12.0. The summed E-state index contributed by atoms with van der Waals surface area (Å²) in [5.41, 5.74) is 1.29. The van der Waals surface area contributed by atoms with Gasteiger partial charge in [-0.15, -0.1) is 0 Å². The minimum absolute atomic E-state index is 0.113. The molecule has 0 unspecified atom stereocenters. The van der Waals surface area contributed by atoms with Crippen LogP contribution in [0.3, 0.4) is 0 Å². The van der Waals surface area contributed by atoms with Gasteiger partial charge in [0.25, 0.3) is 0 Å². The SMILES string of the molecule is COc1ccc(OC)c(NC(=O)CCN(C(C)=O)c2ccccc2)c1. The van der Waals surface area contributed by atoms with Crippen molar-refractivity contribution in [2.75, 3.05) is 31.0 Å². The normalized spacial score (nSPS) is 10.0. The largest absolute Gasteiger partial charge is 0.497 e. The van der Waals surface area contributed by atoms with Crippen LogP contribution >= 0.6 is 0 Å². The van der Waals surface area contributed by atoms with Crippen molar-refractivity contribution < 1.29 is 19.1 Å². The number of hydrogen-bond acceptors (Lipinski definition) is 4. The molecule has 2 amide bonds. The Hall–Kier alpha value is -3.02. The summed E-state index contributed by atoms with van der Waals surface area (Å²) in [6.07, 6.45) is 0.162. The monoisotopic (exact) mass is 342 g/mol. The Balaban J connectivity index is 2.03. The number of benzene rings is 2. The van der Waals surface area contributed by atoms with E-state index in [1.165, 1.54) is 14.0 Å². The number of carbonyl (C=O) groups excluding carboxylic acids is 2. The van der Waals surface area contributed by atoms with E-state index < -0.39 is 0 Å². The van der Waals surface area contributed by atoms with Gasteiger partial charge in [0, 0.05) is 31.6 Å². The van der Waals surface area contributed by atoms with Gasteiger partial charge >= 0.3 is 0 Å². The van der Waals surface area contributed by atoms with Crippen LogP contribution in [0, 0.1) is 0 Å². The molecule has 0 fully saturated rings. The lowest BCUT2D eigenvalue weighted by Crippen LogP contribution is -2.31. The zero-order valence-corrected chi connectivity index (χ0v) is 14.6. The molecule has 0 aliphatic rings. The van der Waals surface area contributed by atoms with Crippen LogP contribution in [0.15, 0.2) is 48.5 Å². The summed E-state index contributed by atoms with van der Waals surface area (Å²) in [5, 5.41) is 2.80. The van der Waals surface area contributed by atoms with Crippen molar-refractivity contribution in [3.05, 3.63) is 48.5 Å². The number of nitrogens with one attached hydrogen (secondary N) is 1. The molecule has 6 nitrogen and oxygen atoms in total. The van der Waals surface area contributed by atoms with Crippen LogP contribution in [0.1, 0.15) is 13.3 Å².